The lowest BCUT2D eigenvalue weighted by Gasteiger charge is -2.13. The fourth-order valence-corrected chi connectivity index (χ4v) is 5.71. The van der Waals surface area contributed by atoms with E-state index in [1.54, 1.807) is 24.3 Å². The highest BCUT2D eigenvalue weighted by molar-refractivity contribution is 7.92. The van der Waals surface area contributed by atoms with Gasteiger partial charge in [-0.1, -0.05) is 54.6 Å². The first-order valence-corrected chi connectivity index (χ1v) is 12.0. The van der Waals surface area contributed by atoms with Crippen LogP contribution < -0.4 is 4.72 Å². The standard InChI is InChI=1S/C26H19NO4S/c28-23-10-5-11-24-25(23)21-15-22(19-8-3-4-9-20(19)26(21)31-24)27-32(29,30)18-13-12-16-6-1-2-7-17(16)14-18/h1-4,6-9,12-15,27H,5,10-11H2. The number of Topliss-reactive ketones (excluding diaryl/α,β-unsaturated/α-hetero) is 1. The summed E-state index contributed by atoms with van der Waals surface area (Å²) in [7, 11) is -3.85. The Balaban J connectivity index is 1.54. The topological polar surface area (TPSA) is 76.4 Å². The normalized spacial score (nSPS) is 14.2. The second kappa shape index (κ2) is 6.93. The molecule has 5 aromatic rings. The first-order chi connectivity index (χ1) is 15.5. The van der Waals surface area contributed by atoms with Gasteiger partial charge >= 0.3 is 0 Å². The number of carbonyl (C=O) groups is 1. The van der Waals surface area contributed by atoms with Crippen molar-refractivity contribution in [1.29, 1.82) is 0 Å². The number of aryl methyl sites for hydroxylation is 1. The minimum Gasteiger partial charge on any atom is -0.460 e. The van der Waals surface area contributed by atoms with E-state index in [-0.39, 0.29) is 10.7 Å². The molecule has 1 aliphatic rings. The molecule has 32 heavy (non-hydrogen) atoms. The van der Waals surface area contributed by atoms with Crippen LogP contribution in [-0.4, -0.2) is 14.2 Å². The van der Waals surface area contributed by atoms with Crippen LogP contribution >= 0.6 is 0 Å². The van der Waals surface area contributed by atoms with Gasteiger partial charge in [-0.3, -0.25) is 9.52 Å². The number of benzene rings is 4. The average molecular weight is 442 g/mol. The van der Waals surface area contributed by atoms with Gasteiger partial charge in [0.15, 0.2) is 5.78 Å². The average Bonchev–Trinajstić information content (AvgIpc) is 3.19. The van der Waals surface area contributed by atoms with Crippen molar-refractivity contribution < 1.29 is 17.6 Å². The van der Waals surface area contributed by atoms with Gasteiger partial charge in [-0.05, 0) is 35.4 Å². The molecule has 0 atom stereocenters. The molecule has 4 aromatic carbocycles. The number of fused-ring (bicyclic) bond motifs is 6. The Morgan fingerprint density at radius 2 is 1.53 bits per heavy atom. The third-order valence-electron chi connectivity index (χ3n) is 6.13. The van der Waals surface area contributed by atoms with Gasteiger partial charge in [0.05, 0.1) is 16.1 Å². The molecule has 6 heteroatoms. The predicted octanol–water partition coefficient (Wildman–Crippen LogP) is 6.06. The number of anilines is 1. The zero-order valence-electron chi connectivity index (χ0n) is 17.1. The quantitative estimate of drug-likeness (QED) is 0.369. The van der Waals surface area contributed by atoms with E-state index >= 15 is 0 Å². The summed E-state index contributed by atoms with van der Waals surface area (Å²) in [6.45, 7) is 0. The van der Waals surface area contributed by atoms with Crippen molar-refractivity contribution in [3.63, 3.8) is 0 Å². The number of hydrogen-bond donors (Lipinski definition) is 1. The number of carbonyl (C=O) groups excluding carboxylic acids is 1. The van der Waals surface area contributed by atoms with Gasteiger partial charge in [-0.2, -0.15) is 0 Å². The van der Waals surface area contributed by atoms with Crippen LogP contribution in [0.5, 0.6) is 0 Å². The Labute approximate surface area is 184 Å². The van der Waals surface area contributed by atoms with E-state index in [9.17, 15) is 13.2 Å². The molecule has 158 valence electrons. The number of hydrogen-bond acceptors (Lipinski definition) is 4. The molecule has 0 aliphatic heterocycles. The van der Waals surface area contributed by atoms with Crippen LogP contribution in [-0.2, 0) is 16.4 Å². The smallest absolute Gasteiger partial charge is 0.261 e. The van der Waals surface area contributed by atoms with Gasteiger partial charge < -0.3 is 4.42 Å². The van der Waals surface area contributed by atoms with Gasteiger partial charge in [0.1, 0.15) is 11.3 Å². The Bertz CT molecular complexity index is 1660. The van der Waals surface area contributed by atoms with Crippen LogP contribution in [0.3, 0.4) is 0 Å². The maximum absolute atomic E-state index is 13.3. The van der Waals surface area contributed by atoms with E-state index in [1.165, 1.54) is 0 Å². The molecule has 1 aliphatic carbocycles. The molecule has 0 unspecified atom stereocenters. The molecule has 0 spiro atoms. The van der Waals surface area contributed by atoms with Crippen LogP contribution in [0.2, 0.25) is 0 Å². The maximum Gasteiger partial charge on any atom is 0.261 e. The first-order valence-electron chi connectivity index (χ1n) is 10.5. The van der Waals surface area contributed by atoms with E-state index in [0.717, 1.165) is 28.0 Å². The highest BCUT2D eigenvalue weighted by Gasteiger charge is 2.27. The van der Waals surface area contributed by atoms with Crippen molar-refractivity contribution in [2.45, 2.75) is 24.2 Å². The van der Waals surface area contributed by atoms with E-state index in [4.69, 9.17) is 4.42 Å². The lowest BCUT2D eigenvalue weighted by atomic mass is 9.93. The van der Waals surface area contributed by atoms with Gasteiger partial charge in [0.25, 0.3) is 10.0 Å². The Morgan fingerprint density at radius 3 is 2.38 bits per heavy atom. The summed E-state index contributed by atoms with van der Waals surface area (Å²) in [5, 5.41) is 4.00. The molecule has 0 fully saturated rings. The molecule has 1 aromatic heterocycles. The van der Waals surface area contributed by atoms with Gasteiger partial charge in [0.2, 0.25) is 0 Å². The summed E-state index contributed by atoms with van der Waals surface area (Å²) >= 11 is 0. The third-order valence-corrected chi connectivity index (χ3v) is 7.49. The third kappa shape index (κ3) is 2.91. The summed E-state index contributed by atoms with van der Waals surface area (Å²) < 4.78 is 35.5. The van der Waals surface area contributed by atoms with Crippen molar-refractivity contribution >= 4 is 54.0 Å². The minimum absolute atomic E-state index is 0.0450. The molecule has 1 N–H and O–H groups in total. The molecular weight excluding hydrogens is 422 g/mol. The Morgan fingerprint density at radius 1 is 0.781 bits per heavy atom. The molecule has 0 saturated carbocycles. The number of furan rings is 1. The van der Waals surface area contributed by atoms with Gasteiger partial charge in [-0.15, -0.1) is 0 Å². The molecular formula is C26H19NO4S. The van der Waals surface area contributed by atoms with Gasteiger partial charge in [0, 0.05) is 29.0 Å². The zero-order chi connectivity index (χ0) is 21.9. The molecule has 0 bridgehead atoms. The second-order valence-electron chi connectivity index (χ2n) is 8.14. The molecule has 0 amide bonds. The van der Waals surface area contributed by atoms with Crippen molar-refractivity contribution in [3.8, 4) is 0 Å². The number of sulfonamides is 1. The summed E-state index contributed by atoms with van der Waals surface area (Å²) in [6, 6.07) is 21.9. The van der Waals surface area contributed by atoms with E-state index < -0.39 is 10.0 Å². The van der Waals surface area contributed by atoms with Crippen LogP contribution in [0.1, 0.15) is 29.0 Å². The highest BCUT2D eigenvalue weighted by Crippen LogP contribution is 2.40. The predicted molar refractivity (Wildman–Crippen MR) is 126 cm³/mol. The first kappa shape index (κ1) is 19.1. The fraction of sp³-hybridized carbons (Fsp3) is 0.115. The SMILES string of the molecule is O=C1CCCc2oc3c(cc(NS(=O)(=O)c4ccc5ccccc5c4)c4ccccc43)c21. The van der Waals surface area contributed by atoms with Gasteiger partial charge in [-0.25, -0.2) is 8.42 Å². The molecule has 1 heterocycles. The lowest BCUT2D eigenvalue weighted by molar-refractivity contribution is 0.0971. The summed E-state index contributed by atoms with van der Waals surface area (Å²) in [5.74, 6) is 0.736. The van der Waals surface area contributed by atoms with Crippen molar-refractivity contribution in [3.05, 3.63) is 84.1 Å². The summed E-state index contributed by atoms with van der Waals surface area (Å²) in [4.78, 5) is 12.8. The second-order valence-corrected chi connectivity index (χ2v) is 9.82. The fourth-order valence-electron chi connectivity index (χ4n) is 4.61. The minimum atomic E-state index is -3.85. The number of ketones is 1. The molecule has 6 rings (SSSR count). The van der Waals surface area contributed by atoms with Crippen LogP contribution in [0.15, 0.2) is 82.1 Å². The summed E-state index contributed by atoms with van der Waals surface area (Å²) in [6.07, 6.45) is 1.96. The Hall–Kier alpha value is -3.64. The van der Waals surface area contributed by atoms with Crippen molar-refractivity contribution in [2.75, 3.05) is 4.72 Å². The number of nitrogens with one attached hydrogen (secondary N) is 1. The lowest BCUT2D eigenvalue weighted by Crippen LogP contribution is -2.13. The highest BCUT2D eigenvalue weighted by atomic mass is 32.2. The number of rotatable bonds is 3. The maximum atomic E-state index is 13.3. The van der Waals surface area contributed by atoms with E-state index in [2.05, 4.69) is 4.72 Å². The van der Waals surface area contributed by atoms with E-state index in [1.807, 2.05) is 48.5 Å². The molecule has 0 saturated heterocycles. The zero-order valence-corrected chi connectivity index (χ0v) is 17.9. The molecule has 0 radical (unpaired) electrons. The van der Waals surface area contributed by atoms with Crippen molar-refractivity contribution in [2.24, 2.45) is 0 Å². The van der Waals surface area contributed by atoms with Crippen LogP contribution in [0, 0.1) is 0 Å². The van der Waals surface area contributed by atoms with Crippen molar-refractivity contribution in [1.82, 2.24) is 0 Å². The largest absolute Gasteiger partial charge is 0.460 e. The van der Waals surface area contributed by atoms with Crippen LogP contribution in [0.25, 0.3) is 32.5 Å². The monoisotopic (exact) mass is 441 g/mol. The molecule has 5 nitrogen and oxygen atoms in total. The van der Waals surface area contributed by atoms with Crippen LogP contribution in [0.4, 0.5) is 5.69 Å². The van der Waals surface area contributed by atoms with E-state index in [0.29, 0.717) is 40.8 Å². The summed E-state index contributed by atoms with van der Waals surface area (Å²) in [5.41, 5.74) is 1.65. The Kier molecular flexibility index (Phi) is 4.13.